The van der Waals surface area contributed by atoms with Gasteiger partial charge in [-0.3, -0.25) is 0 Å². The molecule has 0 unspecified atom stereocenters. The fourth-order valence-electron chi connectivity index (χ4n) is 1.10. The van der Waals surface area contributed by atoms with E-state index < -0.39 is 0 Å². The molecule has 1 N–H and O–H groups in total. The molecule has 0 saturated heterocycles. The lowest BCUT2D eigenvalue weighted by Crippen LogP contribution is -2.28. The number of rotatable bonds is 7. The van der Waals surface area contributed by atoms with Crippen LogP contribution in [0.3, 0.4) is 0 Å². The fraction of sp³-hybridized carbons (Fsp3) is 1.00. The zero-order valence-electron chi connectivity index (χ0n) is 8.02. The van der Waals surface area contributed by atoms with Gasteiger partial charge in [0.15, 0.2) is 0 Å². The molecule has 0 aliphatic rings. The lowest BCUT2D eigenvalue weighted by molar-refractivity contribution is 0.486. The van der Waals surface area contributed by atoms with E-state index in [0.717, 1.165) is 6.04 Å². The van der Waals surface area contributed by atoms with Crippen molar-refractivity contribution in [3.8, 4) is 0 Å². The molecule has 0 fully saturated rings. The molecule has 0 aliphatic carbocycles. The molecule has 0 rings (SSSR count). The largest absolute Gasteiger partial charge is 0.314 e. The standard InChI is InChI=1S/C9H21NS/c1-4-9(5-2)10-7-6-8-11-3/h9-10H,4-8H2,1-3H3. The van der Waals surface area contributed by atoms with Gasteiger partial charge in [-0.05, 0) is 37.8 Å². The number of nitrogens with one attached hydrogen (secondary N) is 1. The molecule has 11 heavy (non-hydrogen) atoms. The SMILES string of the molecule is CCC(CC)NCCCSC. The van der Waals surface area contributed by atoms with Crippen LogP contribution in [-0.2, 0) is 0 Å². The Bertz CT molecular complexity index is 72.0. The van der Waals surface area contributed by atoms with Crippen LogP contribution in [0.2, 0.25) is 0 Å². The Morgan fingerprint density at radius 1 is 1.27 bits per heavy atom. The van der Waals surface area contributed by atoms with Gasteiger partial charge in [0.25, 0.3) is 0 Å². The van der Waals surface area contributed by atoms with Crippen LogP contribution in [-0.4, -0.2) is 24.6 Å². The topological polar surface area (TPSA) is 12.0 Å². The normalized spacial score (nSPS) is 10.9. The van der Waals surface area contributed by atoms with Crippen molar-refractivity contribution in [2.45, 2.75) is 39.2 Å². The summed E-state index contributed by atoms with van der Waals surface area (Å²) < 4.78 is 0. The molecule has 0 aromatic rings. The number of hydrogen-bond donors (Lipinski definition) is 1. The van der Waals surface area contributed by atoms with Gasteiger partial charge >= 0.3 is 0 Å². The molecule has 0 aromatic carbocycles. The van der Waals surface area contributed by atoms with Crippen molar-refractivity contribution in [2.24, 2.45) is 0 Å². The lowest BCUT2D eigenvalue weighted by Gasteiger charge is -2.13. The smallest absolute Gasteiger partial charge is 0.00618 e. The van der Waals surface area contributed by atoms with Gasteiger partial charge in [0.1, 0.15) is 0 Å². The summed E-state index contributed by atoms with van der Waals surface area (Å²) >= 11 is 1.93. The van der Waals surface area contributed by atoms with Crippen LogP contribution in [0.1, 0.15) is 33.1 Å². The number of thioether (sulfide) groups is 1. The summed E-state index contributed by atoms with van der Waals surface area (Å²) in [5.41, 5.74) is 0. The van der Waals surface area contributed by atoms with Crippen molar-refractivity contribution >= 4 is 11.8 Å². The van der Waals surface area contributed by atoms with Crippen LogP contribution in [0.5, 0.6) is 0 Å². The summed E-state index contributed by atoms with van der Waals surface area (Å²) in [6.45, 7) is 5.68. The van der Waals surface area contributed by atoms with E-state index in [4.69, 9.17) is 0 Å². The average Bonchev–Trinajstić information content (AvgIpc) is 2.05. The maximum absolute atomic E-state index is 3.54. The predicted molar refractivity (Wildman–Crippen MR) is 55.4 cm³/mol. The Balaban J connectivity index is 3.07. The molecule has 0 heterocycles. The zero-order chi connectivity index (χ0) is 8.53. The van der Waals surface area contributed by atoms with Crippen LogP contribution < -0.4 is 5.32 Å². The Morgan fingerprint density at radius 2 is 1.91 bits per heavy atom. The third-order valence-electron chi connectivity index (χ3n) is 1.94. The minimum atomic E-state index is 0.747. The van der Waals surface area contributed by atoms with Crippen LogP contribution >= 0.6 is 11.8 Å². The highest BCUT2D eigenvalue weighted by Crippen LogP contribution is 1.98. The van der Waals surface area contributed by atoms with E-state index >= 15 is 0 Å². The second-order valence-corrected chi connectivity index (χ2v) is 3.80. The van der Waals surface area contributed by atoms with E-state index in [0.29, 0.717) is 0 Å². The maximum atomic E-state index is 3.54. The molecule has 0 bridgehead atoms. The monoisotopic (exact) mass is 175 g/mol. The molecule has 0 atom stereocenters. The van der Waals surface area contributed by atoms with Crippen LogP contribution in [0, 0.1) is 0 Å². The Hall–Kier alpha value is 0.310. The van der Waals surface area contributed by atoms with Gasteiger partial charge in [0, 0.05) is 6.04 Å². The molecule has 0 aromatic heterocycles. The first-order valence-electron chi connectivity index (χ1n) is 4.57. The van der Waals surface area contributed by atoms with Gasteiger partial charge < -0.3 is 5.32 Å². The summed E-state index contributed by atoms with van der Waals surface area (Å²) in [6, 6.07) is 0.747. The summed E-state index contributed by atoms with van der Waals surface area (Å²) in [6.07, 6.45) is 5.99. The first kappa shape index (κ1) is 11.3. The minimum Gasteiger partial charge on any atom is -0.314 e. The van der Waals surface area contributed by atoms with Crippen molar-refractivity contribution < 1.29 is 0 Å². The average molecular weight is 175 g/mol. The predicted octanol–water partition coefficient (Wildman–Crippen LogP) is 2.52. The third kappa shape index (κ3) is 6.70. The quantitative estimate of drug-likeness (QED) is 0.597. The van der Waals surface area contributed by atoms with Gasteiger partial charge in [-0.1, -0.05) is 13.8 Å². The summed E-state index contributed by atoms with van der Waals surface area (Å²) in [5, 5.41) is 3.54. The molecule has 2 heteroatoms. The fourth-order valence-corrected chi connectivity index (χ4v) is 1.53. The van der Waals surface area contributed by atoms with Crippen LogP contribution in [0.25, 0.3) is 0 Å². The Morgan fingerprint density at radius 3 is 2.36 bits per heavy atom. The maximum Gasteiger partial charge on any atom is 0.00618 e. The molecule has 0 spiro atoms. The molecule has 1 nitrogen and oxygen atoms in total. The second-order valence-electron chi connectivity index (χ2n) is 2.81. The van der Waals surface area contributed by atoms with E-state index in [9.17, 15) is 0 Å². The molecule has 68 valence electrons. The highest BCUT2D eigenvalue weighted by Gasteiger charge is 1.99. The summed E-state index contributed by atoms with van der Waals surface area (Å²) in [4.78, 5) is 0. The molecule has 0 saturated carbocycles. The summed E-state index contributed by atoms with van der Waals surface area (Å²) in [5.74, 6) is 1.28. The van der Waals surface area contributed by atoms with E-state index in [1.807, 2.05) is 11.8 Å². The Kier molecular flexibility index (Phi) is 8.64. The van der Waals surface area contributed by atoms with Crippen molar-refractivity contribution in [1.82, 2.24) is 5.32 Å². The van der Waals surface area contributed by atoms with Crippen LogP contribution in [0.4, 0.5) is 0 Å². The van der Waals surface area contributed by atoms with Crippen LogP contribution in [0.15, 0.2) is 0 Å². The third-order valence-corrected chi connectivity index (χ3v) is 2.64. The van der Waals surface area contributed by atoms with Gasteiger partial charge in [-0.15, -0.1) is 0 Å². The van der Waals surface area contributed by atoms with Crippen molar-refractivity contribution in [2.75, 3.05) is 18.6 Å². The first-order valence-corrected chi connectivity index (χ1v) is 5.96. The second kappa shape index (κ2) is 8.41. The van der Waals surface area contributed by atoms with E-state index in [1.54, 1.807) is 0 Å². The molecular weight excluding hydrogens is 154 g/mol. The Labute approximate surface area is 75.3 Å². The lowest BCUT2D eigenvalue weighted by atomic mass is 10.2. The number of hydrogen-bond acceptors (Lipinski definition) is 2. The molecule has 0 aliphatic heterocycles. The molecular formula is C9H21NS. The van der Waals surface area contributed by atoms with Gasteiger partial charge in [0.2, 0.25) is 0 Å². The summed E-state index contributed by atoms with van der Waals surface area (Å²) in [7, 11) is 0. The highest BCUT2D eigenvalue weighted by atomic mass is 32.2. The van der Waals surface area contributed by atoms with E-state index in [2.05, 4.69) is 25.4 Å². The van der Waals surface area contributed by atoms with Crippen molar-refractivity contribution in [1.29, 1.82) is 0 Å². The molecule has 0 radical (unpaired) electrons. The van der Waals surface area contributed by atoms with E-state index in [1.165, 1.54) is 31.6 Å². The van der Waals surface area contributed by atoms with E-state index in [-0.39, 0.29) is 0 Å². The van der Waals surface area contributed by atoms with Gasteiger partial charge in [-0.2, -0.15) is 11.8 Å². The minimum absolute atomic E-state index is 0.747. The van der Waals surface area contributed by atoms with Crippen molar-refractivity contribution in [3.63, 3.8) is 0 Å². The first-order chi connectivity index (χ1) is 5.35. The molecule has 0 amide bonds. The highest BCUT2D eigenvalue weighted by molar-refractivity contribution is 7.98. The van der Waals surface area contributed by atoms with Crippen molar-refractivity contribution in [3.05, 3.63) is 0 Å². The van der Waals surface area contributed by atoms with Gasteiger partial charge in [0.05, 0.1) is 0 Å². The zero-order valence-corrected chi connectivity index (χ0v) is 8.84. The van der Waals surface area contributed by atoms with Gasteiger partial charge in [-0.25, -0.2) is 0 Å².